The zero-order valence-corrected chi connectivity index (χ0v) is 20.9. The van der Waals surface area contributed by atoms with E-state index in [4.69, 9.17) is 9.72 Å². The van der Waals surface area contributed by atoms with E-state index in [1.54, 1.807) is 0 Å². The van der Waals surface area contributed by atoms with Gasteiger partial charge in [-0.1, -0.05) is 18.9 Å². The van der Waals surface area contributed by atoms with Crippen molar-refractivity contribution in [1.82, 2.24) is 25.1 Å². The number of hydrogen-bond acceptors (Lipinski definition) is 5. The lowest BCUT2D eigenvalue weighted by molar-refractivity contribution is 0.0346. The third kappa shape index (κ3) is 5.01. The summed E-state index contributed by atoms with van der Waals surface area (Å²) in [4.78, 5) is 27.7. The minimum absolute atomic E-state index is 0.0839. The van der Waals surface area contributed by atoms with Crippen LogP contribution in [0.25, 0.3) is 27.0 Å². The molecule has 3 aliphatic rings. The van der Waals surface area contributed by atoms with Crippen molar-refractivity contribution in [3.63, 3.8) is 0 Å². The minimum Gasteiger partial charge on any atom is -0.379 e. The largest absolute Gasteiger partial charge is 0.379 e. The lowest BCUT2D eigenvalue weighted by Crippen LogP contribution is -2.45. The molecule has 6 rings (SSSR count). The first-order valence-corrected chi connectivity index (χ1v) is 13.7. The highest BCUT2D eigenvalue weighted by Gasteiger charge is 2.23. The molecule has 1 saturated heterocycles. The molecule has 0 bridgehead atoms. The number of ether oxygens (including phenoxy) is 1. The second kappa shape index (κ2) is 10.1. The monoisotopic (exact) mass is 491 g/mol. The predicted molar refractivity (Wildman–Crippen MR) is 140 cm³/mol. The number of nitrogens with zero attached hydrogens (tertiary/aromatic N) is 3. The van der Waals surface area contributed by atoms with Crippen LogP contribution in [-0.2, 0) is 11.3 Å². The third-order valence-corrected chi connectivity index (χ3v) is 8.60. The number of thiophene rings is 1. The molecule has 3 aromatic heterocycles. The summed E-state index contributed by atoms with van der Waals surface area (Å²) in [7, 11) is 0. The van der Waals surface area contributed by atoms with Crippen molar-refractivity contribution >= 4 is 34.0 Å². The van der Waals surface area contributed by atoms with E-state index in [1.807, 2.05) is 22.4 Å². The molecule has 7 nitrogen and oxygen atoms in total. The Hall–Kier alpha value is -2.68. The van der Waals surface area contributed by atoms with Crippen LogP contribution in [0, 0.1) is 0 Å². The van der Waals surface area contributed by atoms with Gasteiger partial charge in [0.1, 0.15) is 5.65 Å². The maximum Gasteiger partial charge on any atom is 0.317 e. The molecule has 2 fully saturated rings. The number of carbonyl (C=O) groups excluding carboxylic acids is 1. The highest BCUT2D eigenvalue weighted by Crippen LogP contribution is 2.34. The molecule has 35 heavy (non-hydrogen) atoms. The smallest absolute Gasteiger partial charge is 0.317 e. The fourth-order valence-corrected chi connectivity index (χ4v) is 6.47. The number of carbonyl (C=O) groups is 1. The van der Waals surface area contributed by atoms with Crippen LogP contribution in [0.15, 0.2) is 36.7 Å². The van der Waals surface area contributed by atoms with Crippen molar-refractivity contribution in [3.8, 4) is 10.4 Å². The van der Waals surface area contributed by atoms with Crippen LogP contribution in [0.3, 0.4) is 0 Å². The Labute approximate surface area is 210 Å². The van der Waals surface area contributed by atoms with Crippen LogP contribution >= 0.6 is 11.3 Å². The quantitative estimate of drug-likeness (QED) is 0.534. The Bertz CT molecular complexity index is 1220. The number of morpholine rings is 1. The van der Waals surface area contributed by atoms with Gasteiger partial charge in [-0.25, -0.2) is 9.78 Å². The van der Waals surface area contributed by atoms with Crippen LogP contribution in [0.5, 0.6) is 0 Å². The maximum atomic E-state index is 12.7. The Morgan fingerprint density at radius 1 is 1.20 bits per heavy atom. The molecular weight excluding hydrogens is 458 g/mol. The van der Waals surface area contributed by atoms with E-state index in [0.29, 0.717) is 12.6 Å². The first kappa shape index (κ1) is 22.8. The van der Waals surface area contributed by atoms with E-state index < -0.39 is 0 Å². The van der Waals surface area contributed by atoms with Crippen LogP contribution in [0.4, 0.5) is 4.79 Å². The SMILES string of the molecule is O=C(NC1CCCC1)N1CC=C(c2c[nH]c3ncc(-c4ccc(CN5CCOCC5)s4)cc23)CC1. The zero-order chi connectivity index (χ0) is 23.6. The molecule has 184 valence electrons. The van der Waals surface area contributed by atoms with Gasteiger partial charge in [-0.05, 0) is 43.0 Å². The second-order valence-corrected chi connectivity index (χ2v) is 11.0. The van der Waals surface area contributed by atoms with Crippen molar-refractivity contribution in [3.05, 3.63) is 47.1 Å². The molecule has 1 aliphatic carbocycles. The van der Waals surface area contributed by atoms with Crippen molar-refractivity contribution in [2.75, 3.05) is 39.4 Å². The molecule has 5 heterocycles. The number of aromatic amines is 1. The Kier molecular flexibility index (Phi) is 6.59. The van der Waals surface area contributed by atoms with Gasteiger partial charge in [0.25, 0.3) is 0 Å². The number of pyridine rings is 1. The second-order valence-electron chi connectivity index (χ2n) is 9.83. The number of rotatable bonds is 5. The number of nitrogens with one attached hydrogen (secondary N) is 2. The molecule has 3 aromatic rings. The highest BCUT2D eigenvalue weighted by atomic mass is 32.1. The van der Waals surface area contributed by atoms with Crippen LogP contribution in [0.1, 0.15) is 42.5 Å². The summed E-state index contributed by atoms with van der Waals surface area (Å²) in [6, 6.07) is 7.17. The van der Waals surface area contributed by atoms with Crippen molar-refractivity contribution in [1.29, 1.82) is 0 Å². The van der Waals surface area contributed by atoms with Gasteiger partial charge in [-0.15, -0.1) is 11.3 Å². The average molecular weight is 492 g/mol. The first-order valence-electron chi connectivity index (χ1n) is 12.8. The molecule has 2 amide bonds. The summed E-state index contributed by atoms with van der Waals surface area (Å²) in [6.45, 7) is 6.05. The molecule has 0 aromatic carbocycles. The molecule has 2 N–H and O–H groups in total. The fraction of sp³-hybridized carbons (Fsp3) is 0.481. The molecule has 2 aliphatic heterocycles. The number of hydrogen-bond donors (Lipinski definition) is 2. The van der Waals surface area contributed by atoms with E-state index in [-0.39, 0.29) is 6.03 Å². The summed E-state index contributed by atoms with van der Waals surface area (Å²) in [5.41, 5.74) is 4.57. The Morgan fingerprint density at radius 2 is 2.06 bits per heavy atom. The van der Waals surface area contributed by atoms with Gasteiger partial charge in [0.2, 0.25) is 0 Å². The Balaban J connectivity index is 1.16. The standard InChI is InChI=1S/C27H33N5O2S/c33-27(30-21-3-1-2-4-21)32-9-7-19(8-10-32)24-17-29-26-23(24)15-20(16-28-26)25-6-5-22(35-25)18-31-11-13-34-14-12-31/h5-7,15-17,21H,1-4,8-14,18H2,(H,28,29)(H,30,33). The highest BCUT2D eigenvalue weighted by molar-refractivity contribution is 7.15. The van der Waals surface area contributed by atoms with Gasteiger partial charge in [0, 0.05) is 77.4 Å². The van der Waals surface area contributed by atoms with Gasteiger partial charge in [0.05, 0.1) is 13.2 Å². The number of H-pyrrole nitrogens is 1. The Morgan fingerprint density at radius 3 is 2.86 bits per heavy atom. The lowest BCUT2D eigenvalue weighted by Gasteiger charge is -2.28. The number of aromatic nitrogens is 2. The normalized spacial score (nSPS) is 19.9. The molecular formula is C27H33N5O2S. The van der Waals surface area contributed by atoms with Gasteiger partial charge >= 0.3 is 6.03 Å². The number of urea groups is 1. The lowest BCUT2D eigenvalue weighted by atomic mass is 9.99. The minimum atomic E-state index is 0.0839. The van der Waals surface area contributed by atoms with E-state index in [9.17, 15) is 4.79 Å². The van der Waals surface area contributed by atoms with Crippen molar-refractivity contribution < 1.29 is 9.53 Å². The number of amides is 2. The summed E-state index contributed by atoms with van der Waals surface area (Å²) in [5, 5.41) is 4.37. The van der Waals surface area contributed by atoms with Crippen molar-refractivity contribution in [2.45, 2.75) is 44.7 Å². The third-order valence-electron chi connectivity index (χ3n) is 7.49. The van der Waals surface area contributed by atoms with E-state index in [2.05, 4.69) is 45.7 Å². The maximum absolute atomic E-state index is 12.7. The predicted octanol–water partition coefficient (Wildman–Crippen LogP) is 4.86. The summed E-state index contributed by atoms with van der Waals surface area (Å²) >= 11 is 1.85. The van der Waals surface area contributed by atoms with Crippen molar-refractivity contribution in [2.24, 2.45) is 0 Å². The summed E-state index contributed by atoms with van der Waals surface area (Å²) in [5.74, 6) is 0. The van der Waals surface area contributed by atoms with E-state index >= 15 is 0 Å². The average Bonchev–Trinajstić information content (AvgIpc) is 3.66. The van der Waals surface area contributed by atoms with Gasteiger partial charge < -0.3 is 19.9 Å². The number of fused-ring (bicyclic) bond motifs is 1. The van der Waals surface area contributed by atoms with E-state index in [0.717, 1.165) is 75.3 Å². The van der Waals surface area contributed by atoms with Gasteiger partial charge in [-0.2, -0.15) is 0 Å². The topological polar surface area (TPSA) is 73.5 Å². The van der Waals surface area contributed by atoms with Gasteiger partial charge in [-0.3, -0.25) is 4.90 Å². The zero-order valence-electron chi connectivity index (χ0n) is 20.1. The molecule has 0 atom stereocenters. The van der Waals surface area contributed by atoms with Gasteiger partial charge in [0.15, 0.2) is 0 Å². The first-order chi connectivity index (χ1) is 17.2. The molecule has 0 spiro atoms. The molecule has 8 heteroatoms. The van der Waals surface area contributed by atoms with Crippen LogP contribution < -0.4 is 5.32 Å². The summed E-state index contributed by atoms with van der Waals surface area (Å²) in [6.07, 6.45) is 11.8. The molecule has 1 saturated carbocycles. The summed E-state index contributed by atoms with van der Waals surface area (Å²) < 4.78 is 5.47. The molecule has 0 radical (unpaired) electrons. The van der Waals surface area contributed by atoms with Crippen LogP contribution in [0.2, 0.25) is 0 Å². The molecule has 0 unspecified atom stereocenters. The van der Waals surface area contributed by atoms with E-state index in [1.165, 1.54) is 33.7 Å². The fourth-order valence-electron chi connectivity index (χ4n) is 5.44. The van der Waals surface area contributed by atoms with Crippen LogP contribution in [-0.4, -0.2) is 71.2 Å².